The molecule has 148 valence electrons. The summed E-state index contributed by atoms with van der Waals surface area (Å²) in [7, 11) is 3.57. The van der Waals surface area contributed by atoms with Crippen LogP contribution in [0, 0.1) is 13.8 Å². The van der Waals surface area contributed by atoms with Crippen LogP contribution in [0.2, 0.25) is 5.02 Å². The van der Waals surface area contributed by atoms with Gasteiger partial charge in [-0.3, -0.25) is 4.79 Å². The summed E-state index contributed by atoms with van der Waals surface area (Å²) in [5, 5.41) is 9.87. The highest BCUT2D eigenvalue weighted by Gasteiger charge is 2.18. The minimum atomic E-state index is 0.0813. The average molecular weight is 419 g/mol. The summed E-state index contributed by atoms with van der Waals surface area (Å²) in [6, 6.07) is 9.40. The number of hydrogen-bond donors (Lipinski definition) is 0. The zero-order chi connectivity index (χ0) is 20.3. The van der Waals surface area contributed by atoms with Crippen molar-refractivity contribution in [3.8, 4) is 11.4 Å². The molecule has 0 amide bonds. The molecule has 0 fully saturated rings. The van der Waals surface area contributed by atoms with Crippen molar-refractivity contribution in [1.29, 1.82) is 0 Å². The third-order valence-electron chi connectivity index (χ3n) is 4.66. The Labute approximate surface area is 173 Å². The fourth-order valence-electron chi connectivity index (χ4n) is 3.11. The van der Waals surface area contributed by atoms with Gasteiger partial charge in [-0.15, -0.1) is 10.2 Å². The zero-order valence-electron chi connectivity index (χ0n) is 16.4. The topological polar surface area (TPSA) is 61.9 Å². The minimum absolute atomic E-state index is 0.0813. The van der Waals surface area contributed by atoms with Crippen LogP contribution in [0.5, 0.6) is 0 Å². The molecule has 0 saturated heterocycles. The Morgan fingerprint density at radius 2 is 1.93 bits per heavy atom. The SMILES string of the molecule is COCCn1c(C)cc(C(=O)CSc2nnc(-c3ccc(Cl)cc3)n2C)c1C. The molecule has 2 aromatic heterocycles. The Hall–Kier alpha value is -2.09. The molecule has 0 N–H and O–H groups in total. The molecule has 28 heavy (non-hydrogen) atoms. The fraction of sp³-hybridized carbons (Fsp3) is 0.350. The van der Waals surface area contributed by atoms with E-state index in [2.05, 4.69) is 14.8 Å². The van der Waals surface area contributed by atoms with Gasteiger partial charge in [0, 0.05) is 48.2 Å². The van der Waals surface area contributed by atoms with Gasteiger partial charge < -0.3 is 13.9 Å². The summed E-state index contributed by atoms with van der Waals surface area (Å²) in [5.74, 6) is 1.13. The molecule has 3 rings (SSSR count). The lowest BCUT2D eigenvalue weighted by Crippen LogP contribution is -2.10. The van der Waals surface area contributed by atoms with Crippen molar-refractivity contribution in [2.45, 2.75) is 25.5 Å². The number of ketones is 1. The number of thioether (sulfide) groups is 1. The Kier molecular flexibility index (Phi) is 6.59. The first kappa shape index (κ1) is 20.6. The van der Waals surface area contributed by atoms with E-state index in [1.54, 1.807) is 7.11 Å². The molecule has 6 nitrogen and oxygen atoms in total. The molecule has 2 heterocycles. The maximum atomic E-state index is 12.8. The summed E-state index contributed by atoms with van der Waals surface area (Å²) >= 11 is 7.34. The molecule has 0 aliphatic rings. The highest BCUT2D eigenvalue weighted by Crippen LogP contribution is 2.25. The van der Waals surface area contributed by atoms with Crippen molar-refractivity contribution >= 4 is 29.1 Å². The summed E-state index contributed by atoms with van der Waals surface area (Å²) < 4.78 is 9.16. The number of hydrogen-bond acceptors (Lipinski definition) is 5. The maximum Gasteiger partial charge on any atom is 0.191 e. The van der Waals surface area contributed by atoms with E-state index in [9.17, 15) is 4.79 Å². The number of carbonyl (C=O) groups is 1. The smallest absolute Gasteiger partial charge is 0.191 e. The van der Waals surface area contributed by atoms with Crippen LogP contribution in [0.3, 0.4) is 0 Å². The van der Waals surface area contributed by atoms with Gasteiger partial charge in [0.25, 0.3) is 0 Å². The predicted molar refractivity (Wildman–Crippen MR) is 112 cm³/mol. The Bertz CT molecular complexity index is 979. The number of halogens is 1. The Morgan fingerprint density at radius 1 is 1.21 bits per heavy atom. The lowest BCUT2D eigenvalue weighted by Gasteiger charge is -2.08. The molecule has 0 unspecified atom stereocenters. The highest BCUT2D eigenvalue weighted by molar-refractivity contribution is 7.99. The predicted octanol–water partition coefficient (Wildman–Crippen LogP) is 4.18. The number of nitrogens with zero attached hydrogens (tertiary/aromatic N) is 4. The molecular formula is C20H23ClN4O2S. The first-order valence-corrected chi connectivity index (χ1v) is 10.3. The van der Waals surface area contributed by atoms with E-state index in [1.807, 2.05) is 55.8 Å². The number of aryl methyl sites for hydroxylation is 1. The Balaban J connectivity index is 1.71. The van der Waals surface area contributed by atoms with E-state index >= 15 is 0 Å². The third kappa shape index (κ3) is 4.32. The van der Waals surface area contributed by atoms with E-state index in [0.29, 0.717) is 22.5 Å². The number of ether oxygens (including phenoxy) is 1. The van der Waals surface area contributed by atoms with Crippen LogP contribution in [-0.2, 0) is 18.3 Å². The maximum absolute atomic E-state index is 12.8. The second-order valence-electron chi connectivity index (χ2n) is 6.51. The van der Waals surface area contributed by atoms with E-state index < -0.39 is 0 Å². The van der Waals surface area contributed by atoms with Gasteiger partial charge in [0.1, 0.15) is 0 Å². The number of Topliss-reactive ketones (excluding diaryl/α,β-unsaturated/α-hetero) is 1. The zero-order valence-corrected chi connectivity index (χ0v) is 18.0. The highest BCUT2D eigenvalue weighted by atomic mass is 35.5. The molecular weight excluding hydrogens is 396 g/mol. The molecule has 1 aromatic carbocycles. The lowest BCUT2D eigenvalue weighted by molar-refractivity contribution is 0.102. The van der Waals surface area contributed by atoms with Crippen molar-refractivity contribution in [3.63, 3.8) is 0 Å². The van der Waals surface area contributed by atoms with Crippen molar-refractivity contribution in [3.05, 3.63) is 52.3 Å². The summed E-state index contributed by atoms with van der Waals surface area (Å²) in [6.45, 7) is 5.34. The largest absolute Gasteiger partial charge is 0.383 e. The van der Waals surface area contributed by atoms with Gasteiger partial charge in [-0.25, -0.2) is 0 Å². The second kappa shape index (κ2) is 8.94. The summed E-state index contributed by atoms with van der Waals surface area (Å²) in [6.07, 6.45) is 0. The normalized spacial score (nSPS) is 11.2. The van der Waals surface area contributed by atoms with Gasteiger partial charge in [0.2, 0.25) is 0 Å². The molecule has 0 atom stereocenters. The van der Waals surface area contributed by atoms with Gasteiger partial charge in [-0.1, -0.05) is 23.4 Å². The first-order chi connectivity index (χ1) is 13.4. The first-order valence-electron chi connectivity index (χ1n) is 8.89. The van der Waals surface area contributed by atoms with Gasteiger partial charge in [0.15, 0.2) is 16.8 Å². The standard InChI is InChI=1S/C20H23ClN4O2S/c1-13-11-17(14(2)25(13)9-10-27-4)18(26)12-28-20-23-22-19(24(20)3)15-5-7-16(21)8-6-15/h5-8,11H,9-10,12H2,1-4H3. The minimum Gasteiger partial charge on any atom is -0.383 e. The van der Waals surface area contributed by atoms with Crippen molar-refractivity contribution in [2.24, 2.45) is 7.05 Å². The average Bonchev–Trinajstić information content (AvgIpc) is 3.18. The van der Waals surface area contributed by atoms with Crippen LogP contribution >= 0.6 is 23.4 Å². The number of carbonyl (C=O) groups excluding carboxylic acids is 1. The molecule has 0 aliphatic heterocycles. The van der Waals surface area contributed by atoms with E-state index in [-0.39, 0.29) is 5.78 Å². The molecule has 0 radical (unpaired) electrons. The van der Waals surface area contributed by atoms with Crippen LogP contribution in [0.15, 0.2) is 35.5 Å². The van der Waals surface area contributed by atoms with Gasteiger partial charge in [-0.05, 0) is 44.2 Å². The van der Waals surface area contributed by atoms with Crippen LogP contribution in [0.1, 0.15) is 21.7 Å². The Morgan fingerprint density at radius 3 is 2.61 bits per heavy atom. The molecule has 0 bridgehead atoms. The van der Waals surface area contributed by atoms with E-state index in [1.165, 1.54) is 11.8 Å². The molecule has 8 heteroatoms. The van der Waals surface area contributed by atoms with Gasteiger partial charge in [0.05, 0.1) is 12.4 Å². The van der Waals surface area contributed by atoms with Crippen LogP contribution in [-0.4, -0.2) is 44.6 Å². The van der Waals surface area contributed by atoms with Crippen LogP contribution in [0.4, 0.5) is 0 Å². The number of rotatable bonds is 8. The van der Waals surface area contributed by atoms with Gasteiger partial charge in [-0.2, -0.15) is 0 Å². The van der Waals surface area contributed by atoms with E-state index in [4.69, 9.17) is 16.3 Å². The summed E-state index contributed by atoms with van der Waals surface area (Å²) in [4.78, 5) is 12.8. The van der Waals surface area contributed by atoms with Crippen molar-refractivity contribution < 1.29 is 9.53 Å². The monoisotopic (exact) mass is 418 g/mol. The lowest BCUT2D eigenvalue weighted by atomic mass is 10.2. The molecule has 3 aromatic rings. The number of methoxy groups -OCH3 is 1. The second-order valence-corrected chi connectivity index (χ2v) is 7.89. The van der Waals surface area contributed by atoms with Crippen LogP contribution in [0.25, 0.3) is 11.4 Å². The third-order valence-corrected chi connectivity index (χ3v) is 5.93. The quantitative estimate of drug-likeness (QED) is 0.405. The molecule has 0 spiro atoms. The van der Waals surface area contributed by atoms with Gasteiger partial charge >= 0.3 is 0 Å². The van der Waals surface area contributed by atoms with Crippen molar-refractivity contribution in [1.82, 2.24) is 19.3 Å². The fourth-order valence-corrected chi connectivity index (χ4v) is 4.03. The van der Waals surface area contributed by atoms with Crippen LogP contribution < -0.4 is 0 Å². The summed E-state index contributed by atoms with van der Waals surface area (Å²) in [5.41, 5.74) is 3.71. The molecule has 0 aliphatic carbocycles. The van der Waals surface area contributed by atoms with E-state index in [0.717, 1.165) is 34.9 Å². The number of benzene rings is 1. The molecule has 0 saturated carbocycles. The van der Waals surface area contributed by atoms with Crippen molar-refractivity contribution in [2.75, 3.05) is 19.5 Å². The number of aromatic nitrogens is 4.